The van der Waals surface area contributed by atoms with Gasteiger partial charge in [0.2, 0.25) is 6.10 Å². The molecule has 222 valence electrons. The molecule has 13 nitrogen and oxygen atoms in total. The van der Waals surface area contributed by atoms with Crippen LogP contribution < -0.4 is 17.2 Å². The predicted molar refractivity (Wildman–Crippen MR) is 142 cm³/mol. The molecule has 18 heteroatoms. The number of hydrogen-bond acceptors (Lipinski definition) is 8. The van der Waals surface area contributed by atoms with E-state index in [2.05, 4.69) is 19.9 Å². The Bertz CT molecular complexity index is 1670. The number of para-hydroxylation sites is 1. The minimum Gasteiger partial charge on any atom is -0.438 e. The summed E-state index contributed by atoms with van der Waals surface area (Å²) in [5.41, 5.74) is 9.55. The highest BCUT2D eigenvalue weighted by molar-refractivity contribution is 6.32. The fraction of sp³-hybridized carbons (Fsp3) is 0.250. The summed E-state index contributed by atoms with van der Waals surface area (Å²) in [5, 5.41) is 9.16. The zero-order chi connectivity index (χ0) is 30.8. The van der Waals surface area contributed by atoms with Crippen LogP contribution in [0.3, 0.4) is 0 Å². The quantitative estimate of drug-likeness (QED) is 0.281. The van der Waals surface area contributed by atoms with Gasteiger partial charge >= 0.3 is 24.1 Å². The molecular weight excluding hydrogens is 608 g/mol. The average molecular weight is 629 g/mol. The van der Waals surface area contributed by atoms with E-state index in [0.29, 0.717) is 15.3 Å². The molecule has 0 fully saturated rings. The van der Waals surface area contributed by atoms with Gasteiger partial charge < -0.3 is 20.9 Å². The van der Waals surface area contributed by atoms with E-state index in [9.17, 15) is 27.6 Å². The number of rotatable bonds is 9. The van der Waals surface area contributed by atoms with E-state index in [1.54, 1.807) is 24.3 Å². The van der Waals surface area contributed by atoms with Gasteiger partial charge in [0.15, 0.2) is 23.6 Å². The van der Waals surface area contributed by atoms with Crippen LogP contribution in [-0.4, -0.2) is 53.6 Å². The molecule has 0 saturated carbocycles. The fourth-order valence-corrected chi connectivity index (χ4v) is 4.24. The van der Waals surface area contributed by atoms with Crippen LogP contribution in [0.4, 0.5) is 22.8 Å². The highest BCUT2D eigenvalue weighted by atomic mass is 35.5. The molecule has 2 aromatic heterocycles. The summed E-state index contributed by atoms with van der Waals surface area (Å²) >= 11 is 12.3. The van der Waals surface area contributed by atoms with Gasteiger partial charge in [0.05, 0.1) is 17.3 Å². The second kappa shape index (κ2) is 12.1. The number of hydrogen-bond donors (Lipinski definition) is 2. The van der Waals surface area contributed by atoms with Crippen molar-refractivity contribution in [3.05, 3.63) is 80.7 Å². The molecule has 42 heavy (non-hydrogen) atoms. The first kappa shape index (κ1) is 30.4. The highest BCUT2D eigenvalue weighted by Crippen LogP contribution is 2.27. The van der Waals surface area contributed by atoms with Gasteiger partial charge in [0.25, 0.3) is 0 Å². The standard InChI is InChI=1S/C24H21Cl2F3N8O5/c1-12(41-21(30)38)19-32-18(33-37(19)16-5-3-2-4-15(16)26)11-36-23(40)35(10-17(24(27,28)29)42-22(31)39)20(34-36)13-6-8-14(25)9-7-13/h2-9,12,17H,10-11H2,1H3,(H2,30,38)(H2,31,39). The molecule has 2 atom stereocenters. The van der Waals surface area contributed by atoms with Crippen molar-refractivity contribution in [3.63, 3.8) is 0 Å². The monoisotopic (exact) mass is 628 g/mol. The number of carbonyl (C=O) groups excluding carboxylic acids is 2. The number of nitrogens with two attached hydrogens (primary N) is 2. The topological polar surface area (TPSA) is 175 Å². The van der Waals surface area contributed by atoms with Crippen molar-refractivity contribution in [2.45, 2.75) is 38.4 Å². The van der Waals surface area contributed by atoms with E-state index in [-0.39, 0.29) is 28.1 Å². The van der Waals surface area contributed by atoms with Crippen LogP contribution in [0.1, 0.15) is 24.7 Å². The molecular formula is C24H21Cl2F3N8O5. The van der Waals surface area contributed by atoms with Crippen LogP contribution in [0.25, 0.3) is 17.1 Å². The van der Waals surface area contributed by atoms with Crippen molar-refractivity contribution in [1.82, 2.24) is 29.1 Å². The first-order valence-corrected chi connectivity index (χ1v) is 12.6. The maximum atomic E-state index is 13.7. The lowest BCUT2D eigenvalue weighted by molar-refractivity contribution is -0.206. The highest BCUT2D eigenvalue weighted by Gasteiger charge is 2.44. The molecule has 0 saturated heterocycles. The van der Waals surface area contributed by atoms with Crippen LogP contribution in [0.2, 0.25) is 10.0 Å². The molecule has 0 radical (unpaired) electrons. The van der Waals surface area contributed by atoms with E-state index in [0.717, 1.165) is 4.68 Å². The summed E-state index contributed by atoms with van der Waals surface area (Å²) in [6.07, 6.45) is -11.6. The first-order chi connectivity index (χ1) is 19.7. The smallest absolute Gasteiger partial charge is 0.427 e. The van der Waals surface area contributed by atoms with Gasteiger partial charge in [-0.3, -0.25) is 4.57 Å². The lowest BCUT2D eigenvalue weighted by Gasteiger charge is -2.20. The number of alkyl halides is 3. The third-order valence-corrected chi connectivity index (χ3v) is 6.27. The molecule has 0 aliphatic carbocycles. The van der Waals surface area contributed by atoms with E-state index in [1.165, 1.54) is 35.9 Å². The van der Waals surface area contributed by atoms with Crippen LogP contribution in [0.15, 0.2) is 53.3 Å². The fourth-order valence-electron chi connectivity index (χ4n) is 3.90. The van der Waals surface area contributed by atoms with Crippen LogP contribution in [0.5, 0.6) is 0 Å². The SMILES string of the molecule is CC(OC(N)=O)c1nc(Cn2nc(-c3ccc(Cl)cc3)n(CC(OC(N)=O)C(F)(F)F)c2=O)nn1-c1ccccc1Cl. The summed E-state index contributed by atoms with van der Waals surface area (Å²) in [4.78, 5) is 40.3. The van der Waals surface area contributed by atoms with Crippen LogP contribution in [-0.2, 0) is 22.6 Å². The number of amides is 2. The maximum Gasteiger partial charge on any atom is 0.427 e. The number of ether oxygens (including phenoxy) is 2. The largest absolute Gasteiger partial charge is 0.438 e. The minimum absolute atomic E-state index is 0.0417. The van der Waals surface area contributed by atoms with Gasteiger partial charge in [-0.15, -0.1) is 10.2 Å². The lowest BCUT2D eigenvalue weighted by Crippen LogP contribution is -2.41. The zero-order valence-electron chi connectivity index (χ0n) is 21.5. The summed E-state index contributed by atoms with van der Waals surface area (Å²) in [7, 11) is 0. The normalized spacial score (nSPS) is 13.0. The molecule has 0 aliphatic rings. The van der Waals surface area contributed by atoms with Crippen molar-refractivity contribution < 1.29 is 32.2 Å². The molecule has 4 rings (SSSR count). The van der Waals surface area contributed by atoms with Gasteiger partial charge in [-0.2, -0.15) is 13.2 Å². The van der Waals surface area contributed by atoms with Gasteiger partial charge in [-0.25, -0.2) is 28.7 Å². The predicted octanol–water partition coefficient (Wildman–Crippen LogP) is 3.83. The van der Waals surface area contributed by atoms with Gasteiger partial charge in [-0.1, -0.05) is 35.3 Å². The van der Waals surface area contributed by atoms with Crippen molar-refractivity contribution in [3.8, 4) is 17.1 Å². The second-order valence-electron chi connectivity index (χ2n) is 8.68. The van der Waals surface area contributed by atoms with Crippen molar-refractivity contribution in [2.24, 2.45) is 11.5 Å². The van der Waals surface area contributed by atoms with Crippen LogP contribution in [0, 0.1) is 0 Å². The molecule has 2 heterocycles. The second-order valence-corrected chi connectivity index (χ2v) is 9.52. The van der Waals surface area contributed by atoms with E-state index >= 15 is 0 Å². The molecule has 2 unspecified atom stereocenters. The Morgan fingerprint density at radius 3 is 2.24 bits per heavy atom. The summed E-state index contributed by atoms with van der Waals surface area (Å²) in [6, 6.07) is 12.3. The van der Waals surface area contributed by atoms with Crippen LogP contribution >= 0.6 is 23.2 Å². The Morgan fingerprint density at radius 1 is 1.00 bits per heavy atom. The minimum atomic E-state index is -5.06. The number of carbonyl (C=O) groups is 2. The first-order valence-electron chi connectivity index (χ1n) is 11.9. The van der Waals surface area contributed by atoms with Crippen molar-refractivity contribution in [2.75, 3.05) is 0 Å². The Kier molecular flexibility index (Phi) is 8.77. The average Bonchev–Trinajstić information content (AvgIpc) is 3.45. The number of aromatic nitrogens is 6. The Morgan fingerprint density at radius 2 is 1.64 bits per heavy atom. The molecule has 0 aliphatic heterocycles. The zero-order valence-corrected chi connectivity index (χ0v) is 23.0. The third kappa shape index (κ3) is 6.83. The van der Waals surface area contributed by atoms with Gasteiger partial charge in [0.1, 0.15) is 6.54 Å². The van der Waals surface area contributed by atoms with E-state index in [4.69, 9.17) is 39.4 Å². The lowest BCUT2D eigenvalue weighted by atomic mass is 10.2. The molecule has 2 aromatic carbocycles. The Hall–Kier alpha value is -4.57. The molecule has 2 amide bonds. The number of nitrogens with zero attached hydrogens (tertiary/aromatic N) is 6. The number of primary amides is 2. The Labute approximate surface area is 244 Å². The maximum absolute atomic E-state index is 13.7. The molecule has 4 N–H and O–H groups in total. The molecule has 0 spiro atoms. The third-order valence-electron chi connectivity index (χ3n) is 5.70. The molecule has 0 bridgehead atoms. The Balaban J connectivity index is 1.81. The summed E-state index contributed by atoms with van der Waals surface area (Å²) in [5.74, 6) is -0.163. The number of benzene rings is 2. The van der Waals surface area contributed by atoms with E-state index in [1.807, 2.05) is 0 Å². The van der Waals surface area contributed by atoms with E-state index < -0.39 is 49.3 Å². The van der Waals surface area contributed by atoms with Crippen molar-refractivity contribution in [1.29, 1.82) is 0 Å². The summed E-state index contributed by atoms with van der Waals surface area (Å²) < 4.78 is 53.1. The molecule has 4 aromatic rings. The van der Waals surface area contributed by atoms with Gasteiger partial charge in [-0.05, 0) is 43.3 Å². The van der Waals surface area contributed by atoms with Gasteiger partial charge in [0, 0.05) is 10.6 Å². The summed E-state index contributed by atoms with van der Waals surface area (Å²) in [6.45, 7) is -0.117. The number of halogens is 5. The van der Waals surface area contributed by atoms with Crippen molar-refractivity contribution >= 4 is 35.4 Å².